The van der Waals surface area contributed by atoms with Crippen LogP contribution in [0.2, 0.25) is 0 Å². The average Bonchev–Trinajstić information content (AvgIpc) is 2.69. The van der Waals surface area contributed by atoms with Gasteiger partial charge in [0.1, 0.15) is 5.82 Å². The molecule has 1 aromatic heterocycles. The second-order valence-corrected chi connectivity index (χ2v) is 7.32. The maximum Gasteiger partial charge on any atom is 0.200 e. The Morgan fingerprint density at radius 3 is 1.96 bits per heavy atom. The van der Waals surface area contributed by atoms with Crippen molar-refractivity contribution in [3.8, 4) is 11.4 Å². The van der Waals surface area contributed by atoms with Crippen LogP contribution in [0.1, 0.15) is 48.9 Å². The zero-order chi connectivity index (χ0) is 17.1. The van der Waals surface area contributed by atoms with Crippen LogP contribution in [-0.4, -0.2) is 15.0 Å². The summed E-state index contributed by atoms with van der Waals surface area (Å²) in [6.07, 6.45) is 4.64. The topological polar surface area (TPSA) is 38.7 Å². The van der Waals surface area contributed by atoms with E-state index < -0.39 is 0 Å². The summed E-state index contributed by atoms with van der Waals surface area (Å²) in [5.41, 5.74) is 2.49. The van der Waals surface area contributed by atoms with Crippen molar-refractivity contribution < 1.29 is 0 Å². The lowest BCUT2D eigenvalue weighted by molar-refractivity contribution is 0.384. The normalized spacial score (nSPS) is 20.4. The largest absolute Gasteiger partial charge is 0.213 e. The van der Waals surface area contributed by atoms with Crippen LogP contribution < -0.4 is 0 Å². The van der Waals surface area contributed by atoms with E-state index in [1.54, 1.807) is 0 Å². The molecule has 126 valence electrons. The summed E-state index contributed by atoms with van der Waals surface area (Å²) in [6.45, 7) is 0. The Labute approximate surface area is 156 Å². The van der Waals surface area contributed by atoms with Crippen molar-refractivity contribution >= 4 is 15.9 Å². The molecule has 1 aliphatic carbocycles. The highest BCUT2D eigenvalue weighted by molar-refractivity contribution is 9.10. The summed E-state index contributed by atoms with van der Waals surface area (Å²) >= 11 is 3.46. The Hall–Kier alpha value is -2.07. The molecule has 0 atom stereocenters. The molecule has 1 saturated carbocycles. The van der Waals surface area contributed by atoms with Crippen LogP contribution in [0.3, 0.4) is 0 Å². The molecule has 1 heterocycles. The van der Waals surface area contributed by atoms with Crippen LogP contribution in [0.4, 0.5) is 0 Å². The highest BCUT2D eigenvalue weighted by atomic mass is 79.9. The third kappa shape index (κ3) is 3.79. The van der Waals surface area contributed by atoms with Crippen molar-refractivity contribution in [1.29, 1.82) is 0 Å². The molecule has 0 bridgehead atoms. The van der Waals surface area contributed by atoms with Crippen molar-refractivity contribution in [3.63, 3.8) is 0 Å². The van der Waals surface area contributed by atoms with Gasteiger partial charge in [0.15, 0.2) is 10.6 Å². The lowest BCUT2D eigenvalue weighted by Gasteiger charge is -2.28. The van der Waals surface area contributed by atoms with Crippen molar-refractivity contribution in [2.45, 2.75) is 37.5 Å². The number of halogens is 1. The van der Waals surface area contributed by atoms with E-state index in [0.717, 1.165) is 30.1 Å². The van der Waals surface area contributed by atoms with Crippen molar-refractivity contribution in [2.24, 2.45) is 0 Å². The molecule has 25 heavy (non-hydrogen) atoms. The van der Waals surface area contributed by atoms with Gasteiger partial charge in [-0.25, -0.2) is 15.0 Å². The van der Waals surface area contributed by atoms with Gasteiger partial charge >= 0.3 is 0 Å². The zero-order valence-corrected chi connectivity index (χ0v) is 15.6. The van der Waals surface area contributed by atoms with Gasteiger partial charge < -0.3 is 0 Å². The maximum absolute atomic E-state index is 4.77. The summed E-state index contributed by atoms with van der Waals surface area (Å²) in [7, 11) is 0. The second kappa shape index (κ2) is 7.44. The fourth-order valence-corrected chi connectivity index (χ4v) is 4.02. The predicted molar refractivity (Wildman–Crippen MR) is 103 cm³/mol. The Morgan fingerprint density at radius 1 is 0.680 bits per heavy atom. The molecule has 1 fully saturated rings. The molecule has 0 radical (unpaired) electrons. The molecule has 2 aromatic carbocycles. The van der Waals surface area contributed by atoms with Crippen molar-refractivity contribution in [1.82, 2.24) is 15.0 Å². The predicted octanol–water partition coefficient (Wildman–Crippen LogP) is 5.74. The number of nitrogens with zero attached hydrogens (tertiary/aromatic N) is 3. The van der Waals surface area contributed by atoms with E-state index in [-0.39, 0.29) is 0 Å². The monoisotopic (exact) mass is 393 g/mol. The molecule has 4 rings (SSSR count). The summed E-state index contributed by atoms with van der Waals surface area (Å²) in [5.74, 6) is 2.76. The van der Waals surface area contributed by atoms with Crippen LogP contribution in [0.15, 0.2) is 65.4 Å². The highest BCUT2D eigenvalue weighted by Crippen LogP contribution is 2.39. The standard InChI is InChI=1S/C21H20BrN3/c22-21-24-19(17-9-5-2-6-10-17)23-20(25-21)18-13-11-16(12-14-18)15-7-3-1-4-8-15/h1-10,16,18H,11-14H2. The Kier molecular flexibility index (Phi) is 4.88. The zero-order valence-electron chi connectivity index (χ0n) is 14.0. The minimum atomic E-state index is 0.418. The van der Waals surface area contributed by atoms with E-state index in [0.29, 0.717) is 16.6 Å². The second-order valence-electron chi connectivity index (χ2n) is 6.61. The van der Waals surface area contributed by atoms with Gasteiger partial charge in [0.05, 0.1) is 0 Å². The van der Waals surface area contributed by atoms with E-state index >= 15 is 0 Å². The van der Waals surface area contributed by atoms with Crippen LogP contribution in [0.25, 0.3) is 11.4 Å². The molecule has 4 heteroatoms. The third-order valence-corrected chi connectivity index (χ3v) is 5.38. The average molecular weight is 394 g/mol. The van der Waals surface area contributed by atoms with Crippen LogP contribution in [0, 0.1) is 0 Å². The van der Waals surface area contributed by atoms with Gasteiger partial charge in [-0.15, -0.1) is 0 Å². The summed E-state index contributed by atoms with van der Waals surface area (Å²) < 4.78 is 0.626. The van der Waals surface area contributed by atoms with Gasteiger partial charge in [-0.2, -0.15) is 0 Å². The van der Waals surface area contributed by atoms with Gasteiger partial charge in [-0.3, -0.25) is 0 Å². The number of rotatable bonds is 3. The maximum atomic E-state index is 4.77. The lowest BCUT2D eigenvalue weighted by Crippen LogP contribution is -2.15. The number of hydrogen-bond acceptors (Lipinski definition) is 3. The minimum Gasteiger partial charge on any atom is -0.213 e. The highest BCUT2D eigenvalue weighted by Gasteiger charge is 2.26. The fourth-order valence-electron chi connectivity index (χ4n) is 3.67. The summed E-state index contributed by atoms with van der Waals surface area (Å²) in [4.78, 5) is 13.8. The smallest absolute Gasteiger partial charge is 0.200 e. The Balaban J connectivity index is 1.52. The SMILES string of the molecule is Brc1nc(-c2ccccc2)nc(C2CCC(c3ccccc3)CC2)n1. The summed E-state index contributed by atoms with van der Waals surface area (Å²) in [6, 6.07) is 21.0. The van der Waals surface area contributed by atoms with Gasteiger partial charge in [-0.1, -0.05) is 60.7 Å². The first-order valence-electron chi connectivity index (χ1n) is 8.81. The number of benzene rings is 2. The molecule has 3 nitrogen and oxygen atoms in total. The minimum absolute atomic E-state index is 0.418. The molecule has 0 N–H and O–H groups in total. The molecule has 0 unspecified atom stereocenters. The Morgan fingerprint density at radius 2 is 1.28 bits per heavy atom. The summed E-state index contributed by atoms with van der Waals surface area (Å²) in [5, 5.41) is 0. The van der Waals surface area contributed by atoms with E-state index in [2.05, 4.69) is 56.2 Å². The van der Waals surface area contributed by atoms with Crippen LogP contribution in [-0.2, 0) is 0 Å². The molecule has 0 aliphatic heterocycles. The van der Waals surface area contributed by atoms with E-state index in [4.69, 9.17) is 4.98 Å². The van der Waals surface area contributed by atoms with Gasteiger partial charge in [0, 0.05) is 11.5 Å². The van der Waals surface area contributed by atoms with Gasteiger partial charge in [-0.05, 0) is 53.1 Å². The molecular weight excluding hydrogens is 374 g/mol. The van der Waals surface area contributed by atoms with E-state index in [1.807, 2.05) is 30.3 Å². The van der Waals surface area contributed by atoms with E-state index in [9.17, 15) is 0 Å². The number of aromatic nitrogens is 3. The quantitative estimate of drug-likeness (QED) is 0.568. The van der Waals surface area contributed by atoms with Gasteiger partial charge in [0.2, 0.25) is 0 Å². The van der Waals surface area contributed by atoms with Crippen LogP contribution in [0.5, 0.6) is 0 Å². The number of hydrogen-bond donors (Lipinski definition) is 0. The molecule has 1 aliphatic rings. The first kappa shape index (κ1) is 16.4. The first-order valence-corrected chi connectivity index (χ1v) is 9.61. The van der Waals surface area contributed by atoms with Gasteiger partial charge in [0.25, 0.3) is 0 Å². The molecule has 0 spiro atoms. The molecular formula is C21H20BrN3. The third-order valence-electron chi connectivity index (χ3n) is 5.02. The molecule has 0 amide bonds. The van der Waals surface area contributed by atoms with E-state index in [1.165, 1.54) is 18.4 Å². The molecule has 3 aromatic rings. The van der Waals surface area contributed by atoms with Crippen LogP contribution >= 0.6 is 15.9 Å². The first-order chi connectivity index (χ1) is 12.3. The molecule has 0 saturated heterocycles. The van der Waals surface area contributed by atoms with Crippen molar-refractivity contribution in [2.75, 3.05) is 0 Å². The fraction of sp³-hybridized carbons (Fsp3) is 0.286. The van der Waals surface area contributed by atoms with Crippen molar-refractivity contribution in [3.05, 3.63) is 76.8 Å². The lowest BCUT2D eigenvalue weighted by atomic mass is 9.78. The Bertz CT molecular complexity index is 828.